The first-order chi connectivity index (χ1) is 9.64. The molecule has 0 N–H and O–H groups in total. The van der Waals surface area contributed by atoms with Crippen LogP contribution in [0.2, 0.25) is 0 Å². The van der Waals surface area contributed by atoms with Crippen molar-refractivity contribution < 1.29 is 19.0 Å². The monoisotopic (exact) mass is 342 g/mol. The van der Waals surface area contributed by atoms with Crippen molar-refractivity contribution in [1.82, 2.24) is 0 Å². The lowest BCUT2D eigenvalue weighted by Gasteiger charge is -2.40. The summed E-state index contributed by atoms with van der Waals surface area (Å²) in [6.45, 7) is 0.593. The van der Waals surface area contributed by atoms with Gasteiger partial charge in [0, 0.05) is 16.8 Å². The van der Waals surface area contributed by atoms with Crippen LogP contribution in [0.1, 0.15) is 29.6 Å². The minimum Gasteiger partial charge on any atom is -0.497 e. The topological polar surface area (TPSA) is 44.8 Å². The zero-order valence-corrected chi connectivity index (χ0v) is 13.4. The van der Waals surface area contributed by atoms with E-state index in [9.17, 15) is 4.79 Å². The third kappa shape index (κ3) is 3.08. The van der Waals surface area contributed by atoms with E-state index in [0.29, 0.717) is 23.7 Å². The summed E-state index contributed by atoms with van der Waals surface area (Å²) in [5.74, 6) is 0.779. The first-order valence-corrected chi connectivity index (χ1v) is 7.71. The smallest absolute Gasteiger partial charge is 0.341 e. The van der Waals surface area contributed by atoms with Gasteiger partial charge in [0.15, 0.2) is 0 Å². The minimum absolute atomic E-state index is 0.191. The summed E-state index contributed by atoms with van der Waals surface area (Å²) in [5.41, 5.74) is 0.619. The fraction of sp³-hybridized carbons (Fsp3) is 0.533. The lowest BCUT2D eigenvalue weighted by atomic mass is 9.71. The van der Waals surface area contributed by atoms with E-state index in [0.717, 1.165) is 18.2 Å². The number of esters is 1. The average Bonchev–Trinajstić information content (AvgIpc) is 2.45. The number of ether oxygens (including phenoxy) is 3. The molecule has 0 unspecified atom stereocenters. The van der Waals surface area contributed by atoms with E-state index in [-0.39, 0.29) is 5.41 Å². The highest BCUT2D eigenvalue weighted by atomic mass is 79.9. The maximum atomic E-state index is 11.8. The molecule has 5 heteroatoms. The Bertz CT molecular complexity index is 477. The lowest BCUT2D eigenvalue weighted by molar-refractivity contribution is 0.0578. The standard InChI is InChI=1S/C15H19BrO4/c1-18-11-4-5-12(14(17)19-2)13(8-11)20-10-15(9-16)6-3-7-15/h4-5,8H,3,6-7,9-10H2,1-2H3. The SMILES string of the molecule is COC(=O)c1ccc(OC)cc1OCC1(CBr)CCC1. The third-order valence-electron chi connectivity index (χ3n) is 3.83. The van der Waals surface area contributed by atoms with E-state index in [1.165, 1.54) is 13.5 Å². The quantitative estimate of drug-likeness (QED) is 0.586. The maximum absolute atomic E-state index is 11.8. The van der Waals surface area contributed by atoms with Crippen molar-refractivity contribution in [2.45, 2.75) is 19.3 Å². The molecular formula is C15H19BrO4. The molecule has 1 saturated carbocycles. The zero-order chi connectivity index (χ0) is 14.6. The van der Waals surface area contributed by atoms with Crippen LogP contribution in [0.4, 0.5) is 0 Å². The highest BCUT2D eigenvalue weighted by Crippen LogP contribution is 2.43. The second-order valence-corrected chi connectivity index (χ2v) is 5.69. The van der Waals surface area contributed by atoms with E-state index in [1.807, 2.05) is 0 Å². The van der Waals surface area contributed by atoms with Gasteiger partial charge in [-0.3, -0.25) is 0 Å². The Hall–Kier alpha value is -1.23. The summed E-state index contributed by atoms with van der Waals surface area (Å²) in [4.78, 5) is 11.8. The first kappa shape index (κ1) is 15.2. The second-order valence-electron chi connectivity index (χ2n) is 5.13. The highest BCUT2D eigenvalue weighted by molar-refractivity contribution is 9.09. The van der Waals surface area contributed by atoms with Crippen LogP contribution >= 0.6 is 15.9 Å². The molecule has 0 amide bonds. The van der Waals surface area contributed by atoms with Crippen molar-refractivity contribution >= 4 is 21.9 Å². The molecule has 0 aliphatic heterocycles. The van der Waals surface area contributed by atoms with Crippen LogP contribution < -0.4 is 9.47 Å². The molecule has 0 spiro atoms. The van der Waals surface area contributed by atoms with E-state index < -0.39 is 5.97 Å². The van der Waals surface area contributed by atoms with Crippen LogP contribution in [0.15, 0.2) is 18.2 Å². The number of carbonyl (C=O) groups is 1. The van der Waals surface area contributed by atoms with Crippen molar-refractivity contribution in [3.63, 3.8) is 0 Å². The Morgan fingerprint density at radius 3 is 2.60 bits per heavy atom. The van der Waals surface area contributed by atoms with Crippen molar-refractivity contribution in [3.05, 3.63) is 23.8 Å². The lowest BCUT2D eigenvalue weighted by Crippen LogP contribution is -2.37. The largest absolute Gasteiger partial charge is 0.497 e. The second kappa shape index (κ2) is 6.48. The number of alkyl halides is 1. The van der Waals surface area contributed by atoms with Gasteiger partial charge >= 0.3 is 5.97 Å². The molecule has 0 atom stereocenters. The number of benzene rings is 1. The van der Waals surface area contributed by atoms with Gasteiger partial charge in [-0.2, -0.15) is 0 Å². The van der Waals surface area contributed by atoms with E-state index in [1.54, 1.807) is 25.3 Å². The molecule has 4 nitrogen and oxygen atoms in total. The molecule has 1 fully saturated rings. The van der Waals surface area contributed by atoms with Gasteiger partial charge in [0.2, 0.25) is 0 Å². The summed E-state index contributed by atoms with van der Waals surface area (Å²) >= 11 is 3.55. The van der Waals surface area contributed by atoms with E-state index in [4.69, 9.17) is 14.2 Å². The average molecular weight is 343 g/mol. The summed E-state index contributed by atoms with van der Waals surface area (Å²) in [7, 11) is 2.95. The maximum Gasteiger partial charge on any atom is 0.341 e. The molecule has 110 valence electrons. The molecule has 0 saturated heterocycles. The van der Waals surface area contributed by atoms with Gasteiger partial charge in [-0.1, -0.05) is 22.4 Å². The van der Waals surface area contributed by atoms with Crippen LogP contribution in [-0.4, -0.2) is 32.1 Å². The summed E-state index contributed by atoms with van der Waals surface area (Å²) < 4.78 is 15.9. The van der Waals surface area contributed by atoms with Crippen LogP contribution in [0, 0.1) is 5.41 Å². The zero-order valence-electron chi connectivity index (χ0n) is 11.8. The Balaban J connectivity index is 2.17. The number of hydrogen-bond acceptors (Lipinski definition) is 4. The summed E-state index contributed by atoms with van der Waals surface area (Å²) in [6, 6.07) is 5.12. The molecule has 2 rings (SSSR count). The number of methoxy groups -OCH3 is 2. The molecule has 1 aromatic rings. The summed E-state index contributed by atoms with van der Waals surface area (Å²) in [6.07, 6.45) is 3.53. The molecule has 1 aromatic carbocycles. The Morgan fingerprint density at radius 2 is 2.10 bits per heavy atom. The molecule has 0 bridgehead atoms. The fourth-order valence-corrected chi connectivity index (χ4v) is 2.97. The molecule has 0 heterocycles. The van der Waals surface area contributed by atoms with E-state index >= 15 is 0 Å². The van der Waals surface area contributed by atoms with Crippen LogP contribution in [-0.2, 0) is 4.74 Å². The predicted molar refractivity (Wildman–Crippen MR) is 79.9 cm³/mol. The molecule has 0 aromatic heterocycles. The van der Waals surface area contributed by atoms with Gasteiger partial charge in [-0.25, -0.2) is 4.79 Å². The molecule has 0 radical (unpaired) electrons. The minimum atomic E-state index is -0.399. The molecule has 20 heavy (non-hydrogen) atoms. The van der Waals surface area contributed by atoms with Crippen LogP contribution in [0.25, 0.3) is 0 Å². The number of hydrogen-bond donors (Lipinski definition) is 0. The molecule has 1 aliphatic rings. The normalized spacial score (nSPS) is 16.1. The number of halogens is 1. The van der Waals surface area contributed by atoms with Crippen LogP contribution in [0.3, 0.4) is 0 Å². The van der Waals surface area contributed by atoms with Gasteiger partial charge in [-0.15, -0.1) is 0 Å². The summed E-state index contributed by atoms with van der Waals surface area (Å²) in [5, 5.41) is 0.914. The Labute approximate surface area is 127 Å². The fourth-order valence-electron chi connectivity index (χ4n) is 2.25. The van der Waals surface area contributed by atoms with Gasteiger partial charge in [0.05, 0.1) is 20.8 Å². The van der Waals surface area contributed by atoms with Crippen molar-refractivity contribution in [2.75, 3.05) is 26.2 Å². The van der Waals surface area contributed by atoms with Crippen LogP contribution in [0.5, 0.6) is 11.5 Å². The van der Waals surface area contributed by atoms with Gasteiger partial charge < -0.3 is 14.2 Å². The first-order valence-electron chi connectivity index (χ1n) is 6.59. The van der Waals surface area contributed by atoms with Gasteiger partial charge in [0.25, 0.3) is 0 Å². The Kier molecular flexibility index (Phi) is 4.91. The third-order valence-corrected chi connectivity index (χ3v) is 5.02. The predicted octanol–water partition coefficient (Wildman–Crippen LogP) is 3.43. The number of rotatable bonds is 6. The van der Waals surface area contributed by atoms with Crippen molar-refractivity contribution in [1.29, 1.82) is 0 Å². The van der Waals surface area contributed by atoms with E-state index in [2.05, 4.69) is 15.9 Å². The van der Waals surface area contributed by atoms with Crippen molar-refractivity contribution in [3.8, 4) is 11.5 Å². The highest BCUT2D eigenvalue weighted by Gasteiger charge is 2.37. The van der Waals surface area contributed by atoms with Gasteiger partial charge in [0.1, 0.15) is 17.1 Å². The number of carbonyl (C=O) groups excluding carboxylic acids is 1. The Morgan fingerprint density at radius 1 is 1.35 bits per heavy atom. The molecular weight excluding hydrogens is 324 g/mol. The van der Waals surface area contributed by atoms with Crippen molar-refractivity contribution in [2.24, 2.45) is 5.41 Å². The van der Waals surface area contributed by atoms with Gasteiger partial charge in [-0.05, 0) is 25.0 Å². The molecule has 1 aliphatic carbocycles.